The first-order valence-corrected chi connectivity index (χ1v) is 15.3. The Morgan fingerprint density at radius 3 is 2.41 bits per heavy atom. The Bertz CT molecular complexity index is 1870. The average Bonchev–Trinajstić information content (AvgIpc) is 3.55. The van der Waals surface area contributed by atoms with Crippen LogP contribution in [0.3, 0.4) is 0 Å². The van der Waals surface area contributed by atoms with Gasteiger partial charge in [0.15, 0.2) is 7.85 Å². The average molecular weight is 582 g/mol. The lowest BCUT2D eigenvalue weighted by Gasteiger charge is -2.47. The zero-order chi connectivity index (χ0) is 30.8. The van der Waals surface area contributed by atoms with Crippen molar-refractivity contribution < 1.29 is 14.3 Å². The van der Waals surface area contributed by atoms with E-state index in [1.165, 1.54) is 36.6 Å². The van der Waals surface area contributed by atoms with Crippen LogP contribution in [0.4, 0.5) is 4.39 Å². The van der Waals surface area contributed by atoms with E-state index < -0.39 is 16.6 Å². The number of likely N-dealkylation sites (tertiary alicyclic amines) is 1. The molecule has 0 bridgehead atoms. The second kappa shape index (κ2) is 10.4. The van der Waals surface area contributed by atoms with Crippen LogP contribution in [0.15, 0.2) is 84.9 Å². The summed E-state index contributed by atoms with van der Waals surface area (Å²) < 4.78 is 14.8. The summed E-state index contributed by atoms with van der Waals surface area (Å²) in [5.74, 6) is 0.193. The fourth-order valence-electron chi connectivity index (χ4n) is 7.42. The second-order valence-corrected chi connectivity index (χ2v) is 13.0. The highest BCUT2D eigenvalue weighted by Gasteiger charge is 2.54. The van der Waals surface area contributed by atoms with E-state index >= 15 is 0 Å². The van der Waals surface area contributed by atoms with Crippen LogP contribution in [-0.4, -0.2) is 74.5 Å². The van der Waals surface area contributed by atoms with Crippen LogP contribution in [0.5, 0.6) is 5.75 Å². The molecule has 1 fully saturated rings. The molecule has 44 heavy (non-hydrogen) atoms. The largest absolute Gasteiger partial charge is 0.508 e. The summed E-state index contributed by atoms with van der Waals surface area (Å²) in [6.45, 7) is 2.23. The van der Waals surface area contributed by atoms with Gasteiger partial charge in [-0.25, -0.2) is 9.37 Å². The standard InChI is InChI=1S/C34H34B3FN4O2/c1-41-16-14-22(15-17-41)20-6-8-21(9-7-20)23-10-12-26-25(18-23)31(44)42(34(26,36)37)33(35,27-19-24(38)11-13-30(27)43)32-39-28-4-2-3-5-29(28)40-32/h2-13,18-19,22,43H,14-17,35-37H2,1H3,(H,39,40). The van der Waals surface area contributed by atoms with Crippen molar-refractivity contribution in [3.63, 3.8) is 0 Å². The number of para-hydroxylation sites is 2. The number of aromatic nitrogens is 2. The summed E-state index contributed by atoms with van der Waals surface area (Å²) in [5.41, 5.74) is 5.27. The first-order valence-electron chi connectivity index (χ1n) is 15.3. The minimum atomic E-state index is -1.33. The normalized spacial score (nSPS) is 18.4. The highest BCUT2D eigenvalue weighted by molar-refractivity contribution is 6.43. The topological polar surface area (TPSA) is 72.5 Å². The molecule has 3 heterocycles. The van der Waals surface area contributed by atoms with Gasteiger partial charge < -0.3 is 19.9 Å². The lowest BCUT2D eigenvalue weighted by atomic mass is 9.54. The maximum atomic E-state index is 14.8. The van der Waals surface area contributed by atoms with Crippen molar-refractivity contribution >= 4 is 40.5 Å². The van der Waals surface area contributed by atoms with E-state index in [1.54, 1.807) is 4.90 Å². The lowest BCUT2D eigenvalue weighted by molar-refractivity contribution is 0.0629. The van der Waals surface area contributed by atoms with Gasteiger partial charge >= 0.3 is 0 Å². The third kappa shape index (κ3) is 4.46. The van der Waals surface area contributed by atoms with E-state index in [4.69, 9.17) is 4.98 Å². The van der Waals surface area contributed by atoms with Crippen LogP contribution >= 0.6 is 0 Å². The third-order valence-electron chi connectivity index (χ3n) is 9.89. The number of benzene rings is 4. The monoisotopic (exact) mass is 582 g/mol. The summed E-state index contributed by atoms with van der Waals surface area (Å²) in [7, 11) is 7.98. The van der Waals surface area contributed by atoms with Crippen molar-refractivity contribution in [2.75, 3.05) is 20.1 Å². The molecule has 1 saturated heterocycles. The number of aromatic amines is 1. The molecular formula is C34H34B3FN4O2. The minimum absolute atomic E-state index is 0.112. The van der Waals surface area contributed by atoms with Crippen molar-refractivity contribution in [2.45, 2.75) is 29.5 Å². The fraction of sp³-hybridized carbons (Fsp3) is 0.235. The number of aromatic hydroxyl groups is 1. The zero-order valence-electron chi connectivity index (χ0n) is 25.6. The van der Waals surface area contributed by atoms with Crippen LogP contribution in [0.25, 0.3) is 22.2 Å². The van der Waals surface area contributed by atoms with Crippen LogP contribution in [0.2, 0.25) is 0 Å². The number of carbonyl (C=O) groups is 1. The summed E-state index contributed by atoms with van der Waals surface area (Å²) in [6, 6.07) is 26.3. The van der Waals surface area contributed by atoms with Crippen molar-refractivity contribution in [2.24, 2.45) is 0 Å². The Morgan fingerprint density at radius 2 is 1.68 bits per heavy atom. The highest BCUT2D eigenvalue weighted by Crippen LogP contribution is 2.48. The van der Waals surface area contributed by atoms with E-state index in [-0.39, 0.29) is 17.2 Å². The number of H-pyrrole nitrogens is 1. The molecule has 1 unspecified atom stereocenters. The molecule has 2 N–H and O–H groups in total. The number of hydrogen-bond donors (Lipinski definition) is 2. The van der Waals surface area contributed by atoms with Crippen molar-refractivity contribution in [1.29, 1.82) is 0 Å². The third-order valence-corrected chi connectivity index (χ3v) is 9.89. The van der Waals surface area contributed by atoms with Crippen molar-refractivity contribution in [1.82, 2.24) is 19.8 Å². The maximum Gasteiger partial charge on any atom is 0.254 e. The summed E-state index contributed by atoms with van der Waals surface area (Å²) in [4.78, 5) is 27.0. The summed E-state index contributed by atoms with van der Waals surface area (Å²) >= 11 is 0. The molecule has 1 atom stereocenters. The molecule has 7 rings (SSSR count). The molecule has 0 spiro atoms. The van der Waals surface area contributed by atoms with Gasteiger partial charge in [0.05, 0.1) is 16.5 Å². The van der Waals surface area contributed by atoms with Gasteiger partial charge in [0.1, 0.15) is 33.1 Å². The number of rotatable bonds is 5. The predicted octanol–water partition coefficient (Wildman–Crippen LogP) is 3.25. The number of phenolic OH excluding ortho intramolecular Hbond substituents is 1. The molecular weight excluding hydrogens is 548 g/mol. The van der Waals surface area contributed by atoms with E-state index in [2.05, 4.69) is 47.3 Å². The summed E-state index contributed by atoms with van der Waals surface area (Å²) in [6.07, 6.45) is 2.33. The molecule has 2 aliphatic rings. The zero-order valence-corrected chi connectivity index (χ0v) is 25.6. The van der Waals surface area contributed by atoms with E-state index in [1.807, 2.05) is 59.9 Å². The number of carbonyl (C=O) groups excluding carboxylic acids is 1. The number of imidazole rings is 1. The van der Waals surface area contributed by atoms with Gasteiger partial charge in [0, 0.05) is 16.5 Å². The van der Waals surface area contributed by atoms with E-state index in [0.717, 1.165) is 40.8 Å². The Labute approximate surface area is 259 Å². The van der Waals surface area contributed by atoms with Gasteiger partial charge in [-0.2, -0.15) is 0 Å². The van der Waals surface area contributed by atoms with E-state index in [9.17, 15) is 14.3 Å². The minimum Gasteiger partial charge on any atom is -0.508 e. The first kappa shape index (κ1) is 28.5. The Kier molecular flexibility index (Phi) is 6.74. The van der Waals surface area contributed by atoms with Gasteiger partial charge in [-0.15, -0.1) is 0 Å². The van der Waals surface area contributed by atoms with Gasteiger partial charge in [-0.3, -0.25) is 4.79 Å². The molecule has 218 valence electrons. The van der Waals surface area contributed by atoms with Crippen LogP contribution in [0, 0.1) is 5.82 Å². The number of nitrogens with zero attached hydrogens (tertiary/aromatic N) is 3. The van der Waals surface area contributed by atoms with Crippen LogP contribution in [-0.2, 0) is 10.8 Å². The van der Waals surface area contributed by atoms with Gasteiger partial charge in [-0.1, -0.05) is 48.5 Å². The van der Waals surface area contributed by atoms with Gasteiger partial charge in [0.2, 0.25) is 0 Å². The smallest absolute Gasteiger partial charge is 0.254 e. The first-order chi connectivity index (χ1) is 21.1. The quantitative estimate of drug-likeness (QED) is 0.313. The molecule has 0 aliphatic carbocycles. The van der Waals surface area contributed by atoms with Gasteiger partial charge in [0.25, 0.3) is 5.91 Å². The molecule has 5 aromatic rings. The molecule has 2 aliphatic heterocycles. The molecule has 1 aromatic heterocycles. The number of hydrogen-bond acceptors (Lipinski definition) is 4. The number of fused-ring (bicyclic) bond motifs is 2. The summed E-state index contributed by atoms with van der Waals surface area (Å²) in [5, 5.41) is 10.3. The van der Waals surface area contributed by atoms with Crippen molar-refractivity contribution in [3.05, 3.63) is 119 Å². The molecule has 1 amide bonds. The predicted molar refractivity (Wildman–Crippen MR) is 180 cm³/mol. The number of amides is 1. The second-order valence-electron chi connectivity index (χ2n) is 13.0. The molecule has 0 radical (unpaired) electrons. The van der Waals surface area contributed by atoms with E-state index in [0.29, 0.717) is 17.3 Å². The fourth-order valence-corrected chi connectivity index (χ4v) is 7.42. The van der Waals surface area contributed by atoms with Crippen LogP contribution < -0.4 is 0 Å². The Morgan fingerprint density at radius 1 is 0.977 bits per heavy atom. The highest BCUT2D eigenvalue weighted by atomic mass is 19.1. The molecule has 4 aromatic carbocycles. The number of piperidine rings is 1. The van der Waals surface area contributed by atoms with Gasteiger partial charge in [-0.05, 0) is 97.5 Å². The maximum absolute atomic E-state index is 14.8. The number of nitrogens with one attached hydrogen (secondary N) is 1. The molecule has 6 nitrogen and oxygen atoms in total. The van der Waals surface area contributed by atoms with Crippen LogP contribution in [0.1, 0.15) is 51.6 Å². The van der Waals surface area contributed by atoms with Crippen molar-refractivity contribution in [3.8, 4) is 16.9 Å². The SMILES string of the molecule is BC1(B)c2ccc(-c3ccc(C4CCN(C)CC4)cc3)cc2C(=O)N1C(B)(c1nc2ccccc2[nH]1)c1cc(F)ccc1O. The Balaban J connectivity index is 1.31. The number of phenols is 1. The lowest BCUT2D eigenvalue weighted by Crippen LogP contribution is -2.58. The molecule has 0 saturated carbocycles. The molecule has 10 heteroatoms. The Hall–Kier alpha value is -4.30. The number of halogens is 1.